The van der Waals surface area contributed by atoms with E-state index in [-0.39, 0.29) is 12.2 Å². The lowest BCUT2D eigenvalue weighted by Crippen LogP contribution is -2.26. The second kappa shape index (κ2) is 6.53. The maximum Gasteiger partial charge on any atom is 0.414 e. The molecule has 4 rings (SSSR count). The first-order valence-electron chi connectivity index (χ1n) is 8.13. The summed E-state index contributed by atoms with van der Waals surface area (Å²) in [5.41, 5.74) is 1.66. The number of hydrogen-bond acceptors (Lipinski definition) is 6. The Labute approximate surface area is 153 Å². The number of benzene rings is 1. The normalized spacial score (nSPS) is 16.4. The number of nitrogens with zero attached hydrogens (tertiary/aromatic N) is 7. The van der Waals surface area contributed by atoms with E-state index in [2.05, 4.69) is 15.4 Å². The standard InChI is InChI=1S/C17H14FN7O2/c1-11-7-23(22-21-11)9-14-10-24(17(26)27-14)13-2-3-16(15(18)4-13)25-8-12(5-19)6-20-25/h2-4,6-8,14H,9-10H2,1H3/t14-/m0/s1. The average molecular weight is 367 g/mol. The van der Waals surface area contributed by atoms with E-state index in [4.69, 9.17) is 10.00 Å². The molecular formula is C17H14FN7O2. The van der Waals surface area contributed by atoms with E-state index in [0.717, 1.165) is 5.69 Å². The van der Waals surface area contributed by atoms with Crippen molar-refractivity contribution in [2.24, 2.45) is 0 Å². The number of halogens is 1. The van der Waals surface area contributed by atoms with E-state index in [0.29, 0.717) is 17.8 Å². The van der Waals surface area contributed by atoms with Crippen LogP contribution in [-0.2, 0) is 11.3 Å². The van der Waals surface area contributed by atoms with Gasteiger partial charge in [-0.2, -0.15) is 10.4 Å². The van der Waals surface area contributed by atoms with Gasteiger partial charge in [0, 0.05) is 12.4 Å². The second-order valence-electron chi connectivity index (χ2n) is 6.12. The summed E-state index contributed by atoms with van der Waals surface area (Å²) in [5, 5.41) is 20.6. The van der Waals surface area contributed by atoms with Crippen molar-refractivity contribution in [1.82, 2.24) is 24.8 Å². The summed E-state index contributed by atoms with van der Waals surface area (Å²) in [5.74, 6) is -0.566. The molecule has 0 radical (unpaired) electrons. The third-order valence-electron chi connectivity index (χ3n) is 4.12. The molecule has 1 fully saturated rings. The molecule has 1 aliphatic rings. The summed E-state index contributed by atoms with van der Waals surface area (Å²) in [6.45, 7) is 2.46. The van der Waals surface area contributed by atoms with E-state index in [1.165, 1.54) is 34.1 Å². The van der Waals surface area contributed by atoms with Crippen molar-refractivity contribution < 1.29 is 13.9 Å². The molecule has 0 spiro atoms. The van der Waals surface area contributed by atoms with Gasteiger partial charge in [-0.25, -0.2) is 18.5 Å². The largest absolute Gasteiger partial charge is 0.442 e. The van der Waals surface area contributed by atoms with Crippen molar-refractivity contribution in [3.63, 3.8) is 0 Å². The highest BCUT2D eigenvalue weighted by Gasteiger charge is 2.33. The van der Waals surface area contributed by atoms with Gasteiger partial charge in [0.2, 0.25) is 0 Å². The predicted octanol–water partition coefficient (Wildman–Crippen LogP) is 1.81. The van der Waals surface area contributed by atoms with Gasteiger partial charge in [-0.15, -0.1) is 5.10 Å². The summed E-state index contributed by atoms with van der Waals surface area (Å²) in [7, 11) is 0. The Morgan fingerprint density at radius 2 is 2.26 bits per heavy atom. The number of aryl methyl sites for hydroxylation is 1. The first-order chi connectivity index (χ1) is 13.0. The maximum atomic E-state index is 14.5. The predicted molar refractivity (Wildman–Crippen MR) is 90.6 cm³/mol. The summed E-state index contributed by atoms with van der Waals surface area (Å²) < 4.78 is 22.7. The van der Waals surface area contributed by atoms with Crippen molar-refractivity contribution in [3.8, 4) is 11.8 Å². The lowest BCUT2D eigenvalue weighted by molar-refractivity contribution is 0.129. The molecule has 2 aromatic heterocycles. The second-order valence-corrected chi connectivity index (χ2v) is 6.12. The molecular weight excluding hydrogens is 353 g/mol. The molecule has 10 heteroatoms. The van der Waals surface area contributed by atoms with Crippen molar-refractivity contribution >= 4 is 11.8 Å². The number of carbonyl (C=O) groups is 1. The fourth-order valence-electron chi connectivity index (χ4n) is 2.88. The molecule has 1 aliphatic heterocycles. The Morgan fingerprint density at radius 3 is 2.93 bits per heavy atom. The van der Waals surface area contributed by atoms with Gasteiger partial charge in [0.05, 0.1) is 36.2 Å². The molecule has 0 unspecified atom stereocenters. The monoisotopic (exact) mass is 367 g/mol. The fraction of sp³-hybridized carbons (Fsp3) is 0.235. The molecule has 3 heterocycles. The SMILES string of the molecule is Cc1cn(C[C@H]2CN(c3ccc(-n4cc(C#N)cn4)c(F)c3)C(=O)O2)nn1. The van der Waals surface area contributed by atoms with Gasteiger partial charge in [-0.1, -0.05) is 5.21 Å². The fourth-order valence-corrected chi connectivity index (χ4v) is 2.88. The van der Waals surface area contributed by atoms with Crippen molar-refractivity contribution in [2.75, 3.05) is 11.4 Å². The lowest BCUT2D eigenvalue weighted by atomic mass is 10.2. The first kappa shape index (κ1) is 16.7. The van der Waals surface area contributed by atoms with E-state index < -0.39 is 18.0 Å². The summed E-state index contributed by atoms with van der Waals surface area (Å²) in [6.07, 6.45) is 3.57. The van der Waals surface area contributed by atoms with Gasteiger partial charge < -0.3 is 4.74 Å². The van der Waals surface area contributed by atoms with Gasteiger partial charge >= 0.3 is 6.09 Å². The van der Waals surface area contributed by atoms with Crippen LogP contribution in [-0.4, -0.2) is 43.5 Å². The molecule has 0 N–H and O–H groups in total. The number of amides is 1. The van der Waals surface area contributed by atoms with Crippen LogP contribution in [0.2, 0.25) is 0 Å². The molecule has 0 saturated carbocycles. The first-order valence-corrected chi connectivity index (χ1v) is 8.13. The summed E-state index contributed by atoms with van der Waals surface area (Å²) in [6, 6.07) is 6.29. The highest BCUT2D eigenvalue weighted by Crippen LogP contribution is 2.26. The number of rotatable bonds is 4. The van der Waals surface area contributed by atoms with E-state index in [1.807, 2.05) is 13.0 Å². The molecule has 136 valence electrons. The van der Waals surface area contributed by atoms with Gasteiger partial charge in [-0.3, -0.25) is 4.90 Å². The van der Waals surface area contributed by atoms with Gasteiger partial charge in [0.15, 0.2) is 5.82 Å². The van der Waals surface area contributed by atoms with Gasteiger partial charge in [-0.05, 0) is 25.1 Å². The maximum absolute atomic E-state index is 14.5. The van der Waals surface area contributed by atoms with Crippen LogP contribution in [0.15, 0.2) is 36.8 Å². The zero-order chi connectivity index (χ0) is 19.0. The molecule has 0 bridgehead atoms. The number of aromatic nitrogens is 5. The minimum atomic E-state index is -0.566. The summed E-state index contributed by atoms with van der Waals surface area (Å²) >= 11 is 0. The Kier molecular flexibility index (Phi) is 4.04. The van der Waals surface area contributed by atoms with Crippen LogP contribution in [0.5, 0.6) is 0 Å². The third kappa shape index (κ3) is 3.22. The quantitative estimate of drug-likeness (QED) is 0.697. The summed E-state index contributed by atoms with van der Waals surface area (Å²) in [4.78, 5) is 13.5. The van der Waals surface area contributed by atoms with E-state index >= 15 is 0 Å². The number of anilines is 1. The molecule has 1 saturated heterocycles. The highest BCUT2D eigenvalue weighted by molar-refractivity contribution is 5.89. The molecule has 3 aromatic rings. The molecule has 1 atom stereocenters. The van der Waals surface area contributed by atoms with Crippen LogP contribution in [0.4, 0.5) is 14.9 Å². The molecule has 1 aromatic carbocycles. The van der Waals surface area contributed by atoms with Gasteiger partial charge in [0.25, 0.3) is 0 Å². The molecule has 0 aliphatic carbocycles. The third-order valence-corrected chi connectivity index (χ3v) is 4.12. The molecule has 27 heavy (non-hydrogen) atoms. The van der Waals surface area contributed by atoms with Crippen LogP contribution < -0.4 is 4.90 Å². The van der Waals surface area contributed by atoms with Crippen LogP contribution in [0.3, 0.4) is 0 Å². The highest BCUT2D eigenvalue weighted by atomic mass is 19.1. The van der Waals surface area contributed by atoms with Crippen molar-refractivity contribution in [3.05, 3.63) is 53.9 Å². The number of nitriles is 1. The molecule has 1 amide bonds. The Hall–Kier alpha value is -3.74. The van der Waals surface area contributed by atoms with Crippen molar-refractivity contribution in [1.29, 1.82) is 5.26 Å². The van der Waals surface area contributed by atoms with E-state index in [1.54, 1.807) is 16.9 Å². The zero-order valence-electron chi connectivity index (χ0n) is 14.3. The van der Waals surface area contributed by atoms with Crippen LogP contribution >= 0.6 is 0 Å². The van der Waals surface area contributed by atoms with Crippen molar-refractivity contribution in [2.45, 2.75) is 19.6 Å². The number of ether oxygens (including phenoxy) is 1. The number of cyclic esters (lactones) is 1. The van der Waals surface area contributed by atoms with Crippen LogP contribution in [0.1, 0.15) is 11.3 Å². The van der Waals surface area contributed by atoms with Gasteiger partial charge in [0.1, 0.15) is 17.9 Å². The smallest absolute Gasteiger partial charge is 0.414 e. The number of hydrogen-bond donors (Lipinski definition) is 0. The Bertz CT molecular complexity index is 1050. The topological polar surface area (TPSA) is 102 Å². The van der Waals surface area contributed by atoms with Crippen LogP contribution in [0, 0.1) is 24.1 Å². The number of carbonyl (C=O) groups excluding carboxylic acids is 1. The zero-order valence-corrected chi connectivity index (χ0v) is 14.3. The molecule has 9 nitrogen and oxygen atoms in total. The Balaban J connectivity index is 1.52. The lowest BCUT2D eigenvalue weighted by Gasteiger charge is -2.14. The Morgan fingerprint density at radius 1 is 1.41 bits per heavy atom. The minimum absolute atomic E-state index is 0.183. The van der Waals surface area contributed by atoms with Crippen LogP contribution in [0.25, 0.3) is 5.69 Å². The average Bonchev–Trinajstić information content (AvgIpc) is 3.35. The van der Waals surface area contributed by atoms with E-state index in [9.17, 15) is 9.18 Å². The minimum Gasteiger partial charge on any atom is -0.442 e.